The molecule has 132 valence electrons. The monoisotopic (exact) mass is 377 g/mol. The molecule has 1 fully saturated rings. The van der Waals surface area contributed by atoms with Crippen molar-refractivity contribution in [1.82, 2.24) is 4.90 Å². The summed E-state index contributed by atoms with van der Waals surface area (Å²) in [5, 5.41) is 11.6. The summed E-state index contributed by atoms with van der Waals surface area (Å²) in [5.74, 6) is 0.206. The second-order valence-electron chi connectivity index (χ2n) is 6.45. The number of likely N-dealkylation sites (tertiary alicyclic amines) is 1. The van der Waals surface area contributed by atoms with E-state index in [0.29, 0.717) is 28.7 Å². The van der Waals surface area contributed by atoms with Crippen LogP contribution in [0.5, 0.6) is 0 Å². The molecule has 1 heterocycles. The van der Waals surface area contributed by atoms with E-state index in [1.165, 1.54) is 0 Å². The van der Waals surface area contributed by atoms with E-state index >= 15 is 0 Å². The second-order valence-corrected chi connectivity index (χ2v) is 7.27. The minimum absolute atomic E-state index is 0.0302. The zero-order valence-corrected chi connectivity index (χ0v) is 15.4. The number of piperidine rings is 1. The van der Waals surface area contributed by atoms with Crippen molar-refractivity contribution in [3.63, 3.8) is 0 Å². The normalized spacial score (nSPS) is 16.7. The smallest absolute Gasteiger partial charge is 0.227 e. The first kappa shape index (κ1) is 18.2. The number of amides is 1. The Hall–Kier alpha value is -1.55. The molecule has 1 N–H and O–H groups in total. The van der Waals surface area contributed by atoms with Gasteiger partial charge in [0.2, 0.25) is 5.91 Å². The first-order chi connectivity index (χ1) is 12.1. The molecule has 1 saturated heterocycles. The van der Waals surface area contributed by atoms with Crippen LogP contribution >= 0.6 is 23.2 Å². The summed E-state index contributed by atoms with van der Waals surface area (Å²) in [7, 11) is 0. The van der Waals surface area contributed by atoms with Gasteiger partial charge in [0.25, 0.3) is 0 Å². The van der Waals surface area contributed by atoms with Gasteiger partial charge >= 0.3 is 0 Å². The zero-order valence-electron chi connectivity index (χ0n) is 13.9. The number of halogens is 2. The maximum Gasteiger partial charge on any atom is 0.227 e. The number of aliphatic hydroxyl groups excluding tert-OH is 1. The largest absolute Gasteiger partial charge is 0.388 e. The van der Waals surface area contributed by atoms with E-state index in [0.717, 1.165) is 18.4 Å². The Morgan fingerprint density at radius 3 is 2.24 bits per heavy atom. The van der Waals surface area contributed by atoms with E-state index < -0.39 is 6.10 Å². The molecule has 0 aromatic heterocycles. The van der Waals surface area contributed by atoms with Gasteiger partial charge in [-0.1, -0.05) is 59.6 Å². The minimum atomic E-state index is -0.475. The standard InChI is InChI=1S/C20H21Cl2NO2/c21-17-7-4-8-18(22)16(17)13-19(24)23-11-9-15(10-12-23)20(25)14-5-2-1-3-6-14/h1-8,15,20,25H,9-13H2. The predicted octanol–water partition coefficient (Wildman–Crippen LogP) is 4.51. The van der Waals surface area contributed by atoms with Crippen molar-refractivity contribution >= 4 is 29.1 Å². The van der Waals surface area contributed by atoms with Crippen LogP contribution in [0.2, 0.25) is 10.0 Å². The summed E-state index contributed by atoms with van der Waals surface area (Å²) in [6, 6.07) is 15.0. The van der Waals surface area contributed by atoms with Crippen molar-refractivity contribution in [3.05, 3.63) is 69.7 Å². The zero-order chi connectivity index (χ0) is 17.8. The molecule has 1 atom stereocenters. The van der Waals surface area contributed by atoms with Gasteiger partial charge in [0.05, 0.1) is 12.5 Å². The summed E-state index contributed by atoms with van der Waals surface area (Å²) in [6.07, 6.45) is 1.32. The van der Waals surface area contributed by atoms with E-state index in [2.05, 4.69) is 0 Å². The highest BCUT2D eigenvalue weighted by molar-refractivity contribution is 6.36. The Bertz CT molecular complexity index is 707. The van der Waals surface area contributed by atoms with Crippen LogP contribution in [-0.4, -0.2) is 29.0 Å². The van der Waals surface area contributed by atoms with Gasteiger partial charge in [-0.3, -0.25) is 4.79 Å². The Balaban J connectivity index is 1.58. The fraction of sp³-hybridized carbons (Fsp3) is 0.350. The summed E-state index contributed by atoms with van der Waals surface area (Å²) in [6.45, 7) is 1.30. The highest BCUT2D eigenvalue weighted by Crippen LogP contribution is 2.31. The fourth-order valence-electron chi connectivity index (χ4n) is 3.35. The van der Waals surface area contributed by atoms with Gasteiger partial charge in [-0.2, -0.15) is 0 Å². The van der Waals surface area contributed by atoms with Crippen LogP contribution in [0.1, 0.15) is 30.1 Å². The van der Waals surface area contributed by atoms with Crippen molar-refractivity contribution in [2.45, 2.75) is 25.4 Å². The number of nitrogens with zero attached hydrogens (tertiary/aromatic N) is 1. The van der Waals surface area contributed by atoms with Crippen LogP contribution in [0.4, 0.5) is 0 Å². The molecule has 3 rings (SSSR count). The molecule has 1 unspecified atom stereocenters. The molecule has 25 heavy (non-hydrogen) atoms. The lowest BCUT2D eigenvalue weighted by atomic mass is 9.87. The van der Waals surface area contributed by atoms with Crippen LogP contribution in [-0.2, 0) is 11.2 Å². The van der Waals surface area contributed by atoms with Gasteiger partial charge in [0.15, 0.2) is 0 Å². The third kappa shape index (κ3) is 4.35. The average Bonchev–Trinajstić information content (AvgIpc) is 2.65. The first-order valence-electron chi connectivity index (χ1n) is 8.50. The quantitative estimate of drug-likeness (QED) is 0.851. The maximum absolute atomic E-state index is 12.6. The molecule has 2 aromatic rings. The number of hydrogen-bond donors (Lipinski definition) is 1. The SMILES string of the molecule is O=C(Cc1c(Cl)cccc1Cl)N1CCC(C(O)c2ccccc2)CC1. The van der Waals surface area contributed by atoms with Crippen molar-refractivity contribution in [1.29, 1.82) is 0 Å². The molecule has 0 spiro atoms. The molecule has 0 aliphatic carbocycles. The third-order valence-electron chi connectivity index (χ3n) is 4.87. The van der Waals surface area contributed by atoms with Gasteiger partial charge in [0, 0.05) is 23.1 Å². The summed E-state index contributed by atoms with van der Waals surface area (Å²) in [4.78, 5) is 14.4. The molecule has 5 heteroatoms. The molecule has 1 aliphatic rings. The molecule has 3 nitrogen and oxygen atoms in total. The third-order valence-corrected chi connectivity index (χ3v) is 5.58. The number of carbonyl (C=O) groups is 1. The lowest BCUT2D eigenvalue weighted by Crippen LogP contribution is -2.40. The van der Waals surface area contributed by atoms with Crippen molar-refractivity contribution in [2.75, 3.05) is 13.1 Å². The highest BCUT2D eigenvalue weighted by atomic mass is 35.5. The molecule has 2 aromatic carbocycles. The van der Waals surface area contributed by atoms with Gasteiger partial charge < -0.3 is 10.0 Å². The highest BCUT2D eigenvalue weighted by Gasteiger charge is 2.28. The molecule has 0 radical (unpaired) electrons. The lowest BCUT2D eigenvalue weighted by Gasteiger charge is -2.34. The number of rotatable bonds is 4. The number of carbonyl (C=O) groups excluding carboxylic acids is 1. The maximum atomic E-state index is 12.6. The molecular formula is C20H21Cl2NO2. The second kappa shape index (κ2) is 8.22. The van der Waals surface area contributed by atoms with Crippen LogP contribution < -0.4 is 0 Å². The average molecular weight is 378 g/mol. The van der Waals surface area contributed by atoms with Gasteiger partial charge in [0.1, 0.15) is 0 Å². The number of aliphatic hydroxyl groups is 1. The molecule has 0 bridgehead atoms. The predicted molar refractivity (Wildman–Crippen MR) is 101 cm³/mol. The van der Waals surface area contributed by atoms with E-state index in [1.807, 2.05) is 35.2 Å². The minimum Gasteiger partial charge on any atom is -0.388 e. The molecular weight excluding hydrogens is 357 g/mol. The lowest BCUT2D eigenvalue weighted by molar-refractivity contribution is -0.132. The van der Waals surface area contributed by atoms with Crippen LogP contribution in [0, 0.1) is 5.92 Å². The summed E-state index contributed by atoms with van der Waals surface area (Å²) in [5.41, 5.74) is 1.62. The Labute approximate surface area is 158 Å². The molecule has 1 aliphatic heterocycles. The van der Waals surface area contributed by atoms with Gasteiger partial charge in [-0.25, -0.2) is 0 Å². The van der Waals surface area contributed by atoms with Crippen molar-refractivity contribution in [2.24, 2.45) is 5.92 Å². The van der Waals surface area contributed by atoms with Crippen LogP contribution in [0.3, 0.4) is 0 Å². The molecule has 1 amide bonds. The summed E-state index contributed by atoms with van der Waals surface area (Å²) < 4.78 is 0. The van der Waals surface area contributed by atoms with E-state index in [1.54, 1.807) is 18.2 Å². The number of hydrogen-bond acceptors (Lipinski definition) is 2. The first-order valence-corrected chi connectivity index (χ1v) is 9.25. The number of benzene rings is 2. The van der Waals surface area contributed by atoms with Crippen LogP contribution in [0.15, 0.2) is 48.5 Å². The van der Waals surface area contributed by atoms with E-state index in [9.17, 15) is 9.90 Å². The van der Waals surface area contributed by atoms with Crippen molar-refractivity contribution < 1.29 is 9.90 Å². The summed E-state index contributed by atoms with van der Waals surface area (Å²) >= 11 is 12.3. The van der Waals surface area contributed by atoms with Gasteiger partial charge in [-0.15, -0.1) is 0 Å². The van der Waals surface area contributed by atoms with E-state index in [4.69, 9.17) is 23.2 Å². The van der Waals surface area contributed by atoms with E-state index in [-0.39, 0.29) is 18.2 Å². The Morgan fingerprint density at radius 1 is 1.04 bits per heavy atom. The van der Waals surface area contributed by atoms with Gasteiger partial charge in [-0.05, 0) is 42.0 Å². The Morgan fingerprint density at radius 2 is 1.64 bits per heavy atom. The topological polar surface area (TPSA) is 40.5 Å². The van der Waals surface area contributed by atoms with Crippen LogP contribution in [0.25, 0.3) is 0 Å². The Kier molecular flexibility index (Phi) is 6.00. The van der Waals surface area contributed by atoms with Crippen molar-refractivity contribution in [3.8, 4) is 0 Å². The molecule has 0 saturated carbocycles. The fourth-order valence-corrected chi connectivity index (χ4v) is 3.88.